The van der Waals surface area contributed by atoms with E-state index in [2.05, 4.69) is 26.6 Å². The van der Waals surface area contributed by atoms with Gasteiger partial charge in [-0.25, -0.2) is 0 Å². The van der Waals surface area contributed by atoms with E-state index in [1.165, 1.54) is 0 Å². The van der Waals surface area contributed by atoms with E-state index in [0.29, 0.717) is 27.2 Å². The van der Waals surface area contributed by atoms with Crippen molar-refractivity contribution >= 4 is 39.4 Å². The number of para-hydroxylation sites is 2. The molecule has 1 unspecified atom stereocenters. The van der Waals surface area contributed by atoms with Crippen molar-refractivity contribution in [1.29, 1.82) is 0 Å². The lowest BCUT2D eigenvalue weighted by Gasteiger charge is -2.21. The Morgan fingerprint density at radius 3 is 2.13 bits per heavy atom. The number of carbonyl (C=O) groups is 3. The first kappa shape index (κ1) is 30.8. The van der Waals surface area contributed by atoms with Crippen molar-refractivity contribution in [1.82, 2.24) is 5.32 Å². The zero-order valence-corrected chi connectivity index (χ0v) is 26.4. The van der Waals surface area contributed by atoms with Crippen molar-refractivity contribution < 1.29 is 24.2 Å². The Bertz CT molecular complexity index is 1870. The minimum atomic E-state index is -1.06. The Morgan fingerprint density at radius 1 is 0.804 bits per heavy atom. The maximum atomic E-state index is 13.7. The third-order valence-corrected chi connectivity index (χ3v) is 8.64. The van der Waals surface area contributed by atoms with Gasteiger partial charge in [0.25, 0.3) is 5.91 Å². The van der Waals surface area contributed by atoms with Crippen LogP contribution in [-0.2, 0) is 15.0 Å². The van der Waals surface area contributed by atoms with E-state index in [1.54, 1.807) is 18.2 Å². The van der Waals surface area contributed by atoms with E-state index in [4.69, 9.17) is 4.74 Å². The van der Waals surface area contributed by atoms with Crippen molar-refractivity contribution in [2.45, 2.75) is 30.7 Å². The Labute approximate surface area is 275 Å². The highest BCUT2D eigenvalue weighted by molar-refractivity contribution is 9.10. The number of rotatable bonds is 11. The quantitative estimate of drug-likeness (QED) is 0.130. The van der Waals surface area contributed by atoms with E-state index in [0.717, 1.165) is 29.5 Å². The van der Waals surface area contributed by atoms with Gasteiger partial charge in [-0.05, 0) is 65.9 Å². The minimum absolute atomic E-state index is 0.177. The van der Waals surface area contributed by atoms with Gasteiger partial charge in [0.2, 0.25) is 5.91 Å². The predicted molar refractivity (Wildman–Crippen MR) is 181 cm³/mol. The van der Waals surface area contributed by atoms with E-state index >= 15 is 0 Å². The first-order valence-electron chi connectivity index (χ1n) is 14.9. The minimum Gasteiger partial charge on any atom is -0.481 e. The highest BCUT2D eigenvalue weighted by atomic mass is 79.9. The summed E-state index contributed by atoms with van der Waals surface area (Å²) in [5, 5.41) is 15.6. The third-order valence-electron chi connectivity index (χ3n) is 8.15. The van der Waals surface area contributed by atoms with Crippen LogP contribution in [0, 0.1) is 0 Å². The summed E-state index contributed by atoms with van der Waals surface area (Å²) in [5.41, 5.74) is 3.27. The van der Waals surface area contributed by atoms with Crippen LogP contribution in [0.4, 0.5) is 5.69 Å². The highest BCUT2D eigenvalue weighted by Gasteiger charge is 2.51. The monoisotopic (exact) mass is 674 g/mol. The fourth-order valence-electron chi connectivity index (χ4n) is 5.55. The average molecular weight is 676 g/mol. The molecular formula is C38H31BrN2O5. The van der Waals surface area contributed by atoms with Crippen LogP contribution in [-0.4, -0.2) is 22.9 Å². The molecule has 0 saturated heterocycles. The maximum Gasteiger partial charge on any atom is 0.305 e. The number of anilines is 1. The summed E-state index contributed by atoms with van der Waals surface area (Å²) in [6.45, 7) is 0. The molecule has 1 aliphatic carbocycles. The van der Waals surface area contributed by atoms with Crippen molar-refractivity contribution in [2.24, 2.45) is 0 Å². The number of halogens is 1. The van der Waals surface area contributed by atoms with Crippen molar-refractivity contribution in [3.05, 3.63) is 149 Å². The van der Waals surface area contributed by atoms with Crippen molar-refractivity contribution in [3.63, 3.8) is 0 Å². The van der Waals surface area contributed by atoms with Crippen LogP contribution >= 0.6 is 15.9 Å². The van der Waals surface area contributed by atoms with Gasteiger partial charge in [-0.1, -0.05) is 107 Å². The number of hydrogen-bond acceptors (Lipinski definition) is 4. The molecule has 1 fully saturated rings. The number of amides is 2. The van der Waals surface area contributed by atoms with Crippen LogP contribution in [0.3, 0.4) is 0 Å². The molecule has 230 valence electrons. The van der Waals surface area contributed by atoms with Crippen molar-refractivity contribution in [2.75, 3.05) is 5.32 Å². The molecule has 6 rings (SSSR count). The Hall–Kier alpha value is -5.21. The molecule has 1 aliphatic rings. The van der Waals surface area contributed by atoms with Crippen molar-refractivity contribution in [3.8, 4) is 22.6 Å². The average Bonchev–Trinajstić information content (AvgIpc) is 3.89. The molecule has 1 atom stereocenters. The largest absolute Gasteiger partial charge is 0.481 e. The second kappa shape index (κ2) is 13.4. The second-order valence-corrected chi connectivity index (χ2v) is 12.2. The zero-order chi connectivity index (χ0) is 32.1. The first-order valence-corrected chi connectivity index (χ1v) is 15.7. The third kappa shape index (κ3) is 6.87. The molecule has 0 heterocycles. The van der Waals surface area contributed by atoms with Crippen LogP contribution in [0.1, 0.15) is 46.8 Å². The van der Waals surface area contributed by atoms with Gasteiger partial charge in [0.05, 0.1) is 29.1 Å². The van der Waals surface area contributed by atoms with Gasteiger partial charge in [-0.2, -0.15) is 0 Å². The molecule has 46 heavy (non-hydrogen) atoms. The van der Waals surface area contributed by atoms with E-state index in [9.17, 15) is 19.5 Å². The number of hydrogen-bond donors (Lipinski definition) is 3. The van der Waals surface area contributed by atoms with Gasteiger partial charge >= 0.3 is 5.97 Å². The lowest BCUT2D eigenvalue weighted by Crippen LogP contribution is -2.32. The summed E-state index contributed by atoms with van der Waals surface area (Å²) < 4.78 is 6.77. The molecule has 1 saturated carbocycles. The van der Waals surface area contributed by atoms with E-state index < -0.39 is 23.3 Å². The van der Waals surface area contributed by atoms with Crippen LogP contribution in [0.2, 0.25) is 0 Å². The number of carboxylic acid groups (broad SMARTS) is 1. The normalized spacial score (nSPS) is 13.7. The fraction of sp³-hybridized carbons (Fsp3) is 0.132. The van der Waals surface area contributed by atoms with Gasteiger partial charge in [0, 0.05) is 10.0 Å². The van der Waals surface area contributed by atoms with E-state index in [1.807, 2.05) is 109 Å². The zero-order valence-electron chi connectivity index (χ0n) is 24.8. The highest BCUT2D eigenvalue weighted by Crippen LogP contribution is 2.49. The van der Waals surface area contributed by atoms with Crippen LogP contribution < -0.4 is 15.4 Å². The number of benzene rings is 5. The molecule has 8 heteroatoms. The van der Waals surface area contributed by atoms with Gasteiger partial charge in [-0.3, -0.25) is 14.4 Å². The molecule has 7 nitrogen and oxygen atoms in total. The topological polar surface area (TPSA) is 105 Å². The lowest BCUT2D eigenvalue weighted by atomic mass is 9.94. The summed E-state index contributed by atoms with van der Waals surface area (Å²) in [6.07, 6.45) is 1.12. The number of carbonyl (C=O) groups excluding carboxylic acids is 2. The predicted octanol–water partition coefficient (Wildman–Crippen LogP) is 8.52. The van der Waals surface area contributed by atoms with Crippen LogP contribution in [0.15, 0.2) is 132 Å². The summed E-state index contributed by atoms with van der Waals surface area (Å²) in [7, 11) is 0. The molecule has 0 spiro atoms. The number of carboxylic acids is 1. The SMILES string of the molecule is O=C(O)CC(NC(=O)c1cc(Br)ccc1NC(=O)C1(c2ccccc2)CC1)c1ccc(-c2ccccc2Oc2ccccc2)cc1. The first-order chi connectivity index (χ1) is 22.3. The molecular weight excluding hydrogens is 644 g/mol. The molecule has 0 aliphatic heterocycles. The van der Waals surface area contributed by atoms with Crippen LogP contribution in [0.5, 0.6) is 11.5 Å². The Morgan fingerprint density at radius 2 is 1.46 bits per heavy atom. The molecule has 2 amide bonds. The van der Waals surface area contributed by atoms with Gasteiger partial charge < -0.3 is 20.5 Å². The standard InChI is InChI=1S/C38H31BrN2O5/c39-28-19-20-32(41-37(45)38(21-22-38)27-9-3-1-4-10-27)31(23-28)36(44)40-33(24-35(42)43)26-17-15-25(16-18-26)30-13-7-8-14-34(30)46-29-11-5-2-6-12-29/h1-20,23,33H,21-22,24H2,(H,40,44)(H,41,45)(H,42,43). The van der Waals surface area contributed by atoms with Gasteiger partial charge in [-0.15, -0.1) is 0 Å². The maximum absolute atomic E-state index is 13.7. The molecule has 0 bridgehead atoms. The molecule has 5 aromatic carbocycles. The summed E-state index contributed by atoms with van der Waals surface area (Å²) >= 11 is 3.43. The number of nitrogens with one attached hydrogen (secondary N) is 2. The van der Waals surface area contributed by atoms with E-state index in [-0.39, 0.29) is 17.9 Å². The molecule has 3 N–H and O–H groups in total. The second-order valence-electron chi connectivity index (χ2n) is 11.2. The smallest absolute Gasteiger partial charge is 0.305 e. The van der Waals surface area contributed by atoms with Crippen LogP contribution in [0.25, 0.3) is 11.1 Å². The number of ether oxygens (including phenoxy) is 1. The molecule has 5 aromatic rings. The Kier molecular flexibility index (Phi) is 8.99. The molecule has 0 radical (unpaired) electrons. The van der Waals surface area contributed by atoms with Gasteiger partial charge in [0.1, 0.15) is 11.5 Å². The molecule has 0 aromatic heterocycles. The lowest BCUT2D eigenvalue weighted by molar-refractivity contribution is -0.137. The summed E-state index contributed by atoms with van der Waals surface area (Å²) in [4.78, 5) is 39.1. The Balaban J connectivity index is 1.22. The number of aliphatic carboxylic acids is 1. The summed E-state index contributed by atoms with van der Waals surface area (Å²) in [5.74, 6) is -0.341. The summed E-state index contributed by atoms with van der Waals surface area (Å²) in [6, 6.07) is 38.4. The van der Waals surface area contributed by atoms with Gasteiger partial charge in [0.15, 0.2) is 0 Å². The fourth-order valence-corrected chi connectivity index (χ4v) is 5.91.